The van der Waals surface area contributed by atoms with Crippen LogP contribution in [-0.4, -0.2) is 47.3 Å². The van der Waals surface area contributed by atoms with E-state index in [1.54, 1.807) is 13.8 Å². The van der Waals surface area contributed by atoms with E-state index in [1.807, 2.05) is 34.6 Å². The highest BCUT2D eigenvalue weighted by Crippen LogP contribution is 2.27. The van der Waals surface area contributed by atoms with E-state index in [0.29, 0.717) is 17.6 Å². The van der Waals surface area contributed by atoms with Crippen molar-refractivity contribution in [1.29, 1.82) is 0 Å². The van der Waals surface area contributed by atoms with Gasteiger partial charge in [0.1, 0.15) is 17.3 Å². The van der Waals surface area contributed by atoms with Gasteiger partial charge in [-0.2, -0.15) is 0 Å². The predicted molar refractivity (Wildman–Crippen MR) is 128 cm³/mol. The lowest BCUT2D eigenvalue weighted by Gasteiger charge is -2.04. The largest absolute Gasteiger partial charge is 0.334 e. The fourth-order valence-corrected chi connectivity index (χ4v) is 3.72. The molecule has 4 rings (SSSR count). The SMILES string of the molecule is CC1C(=O)CC(=O)C1C.CC1C(=O)NC(=O)C1C.CC1CCC(=O)C1C.CC1NC(=O)NC1C. The number of Topliss-reactive ketones (excluding diaryl/α,β-unsaturated/α-hetero) is 3. The van der Waals surface area contributed by atoms with Crippen molar-refractivity contribution in [1.82, 2.24) is 16.0 Å². The molecule has 0 bridgehead atoms. The van der Waals surface area contributed by atoms with E-state index in [2.05, 4.69) is 22.9 Å². The molecule has 8 atom stereocenters. The van der Waals surface area contributed by atoms with Gasteiger partial charge in [-0.1, -0.05) is 41.5 Å². The van der Waals surface area contributed by atoms with Crippen molar-refractivity contribution < 1.29 is 28.8 Å². The van der Waals surface area contributed by atoms with Crippen LogP contribution in [0.1, 0.15) is 74.7 Å². The molecule has 9 nitrogen and oxygen atoms in total. The molecule has 2 heterocycles. The maximum atomic E-state index is 10.8. The van der Waals surface area contributed by atoms with E-state index in [0.717, 1.165) is 12.8 Å². The monoisotopic (exact) mass is 479 g/mol. The number of hydrogen-bond acceptors (Lipinski definition) is 6. The van der Waals surface area contributed by atoms with Gasteiger partial charge in [-0.05, 0) is 26.2 Å². The molecule has 0 aromatic rings. The third kappa shape index (κ3) is 8.02. The Morgan fingerprint density at radius 3 is 1.09 bits per heavy atom. The van der Waals surface area contributed by atoms with Crippen LogP contribution in [0, 0.1) is 35.5 Å². The molecular weight excluding hydrogens is 438 g/mol. The maximum Gasteiger partial charge on any atom is 0.315 e. The summed E-state index contributed by atoms with van der Waals surface area (Å²) in [6.45, 7) is 15.3. The molecule has 0 aromatic carbocycles. The first kappa shape index (κ1) is 29.5. The lowest BCUT2D eigenvalue weighted by atomic mass is 10.00. The van der Waals surface area contributed by atoms with E-state index < -0.39 is 0 Å². The van der Waals surface area contributed by atoms with E-state index in [9.17, 15) is 28.8 Å². The van der Waals surface area contributed by atoms with Gasteiger partial charge in [0, 0.05) is 48.1 Å². The number of urea groups is 1. The van der Waals surface area contributed by atoms with Crippen LogP contribution in [-0.2, 0) is 24.0 Å². The average Bonchev–Trinajstić information content (AvgIpc) is 3.39. The number of nitrogens with one attached hydrogen (secondary N) is 3. The van der Waals surface area contributed by atoms with Gasteiger partial charge in [-0.3, -0.25) is 29.3 Å². The summed E-state index contributed by atoms with van der Waals surface area (Å²) in [5.74, 6) is 1.01. The van der Waals surface area contributed by atoms with Gasteiger partial charge >= 0.3 is 6.03 Å². The summed E-state index contributed by atoms with van der Waals surface area (Å²) < 4.78 is 0. The molecule has 4 amide bonds. The van der Waals surface area contributed by atoms with Gasteiger partial charge in [0.25, 0.3) is 0 Å². The molecular formula is C25H41N3O6. The topological polar surface area (TPSA) is 139 Å². The summed E-state index contributed by atoms with van der Waals surface area (Å²) in [5, 5.41) is 7.67. The Morgan fingerprint density at radius 2 is 0.971 bits per heavy atom. The molecule has 2 aliphatic carbocycles. The summed E-state index contributed by atoms with van der Waals surface area (Å²) in [4.78, 5) is 64.1. The number of amides is 4. The summed E-state index contributed by atoms with van der Waals surface area (Å²) in [5.41, 5.74) is 0. The third-order valence-corrected chi connectivity index (χ3v) is 7.61. The number of carbonyl (C=O) groups is 6. The number of rotatable bonds is 0. The Balaban J connectivity index is 0.000000227. The third-order valence-electron chi connectivity index (χ3n) is 7.61. The smallest absolute Gasteiger partial charge is 0.315 e. The zero-order valence-electron chi connectivity index (χ0n) is 21.7. The van der Waals surface area contributed by atoms with E-state index >= 15 is 0 Å². The average molecular weight is 480 g/mol. The molecule has 192 valence electrons. The number of carbonyl (C=O) groups excluding carboxylic acids is 6. The Bertz CT molecular complexity index is 724. The first-order chi connectivity index (χ1) is 15.7. The zero-order chi connectivity index (χ0) is 26.3. The van der Waals surface area contributed by atoms with Crippen LogP contribution in [0.2, 0.25) is 0 Å². The molecule has 0 radical (unpaired) electrons. The molecule has 2 saturated carbocycles. The van der Waals surface area contributed by atoms with Crippen LogP contribution >= 0.6 is 0 Å². The molecule has 9 heteroatoms. The Labute approximate surface area is 202 Å². The van der Waals surface area contributed by atoms with Gasteiger partial charge in [0.05, 0.1) is 6.42 Å². The van der Waals surface area contributed by atoms with Crippen LogP contribution < -0.4 is 16.0 Å². The first-order valence-corrected chi connectivity index (χ1v) is 12.2. The van der Waals surface area contributed by atoms with Crippen LogP contribution in [0.3, 0.4) is 0 Å². The molecule has 0 aromatic heterocycles. The fourth-order valence-electron chi connectivity index (χ4n) is 3.72. The summed E-state index contributed by atoms with van der Waals surface area (Å²) in [6.07, 6.45) is 2.10. The van der Waals surface area contributed by atoms with Crippen molar-refractivity contribution in [2.45, 2.75) is 86.7 Å². The second kappa shape index (κ2) is 12.8. The van der Waals surface area contributed by atoms with Crippen LogP contribution in [0.25, 0.3) is 0 Å². The maximum absolute atomic E-state index is 10.8. The van der Waals surface area contributed by atoms with Crippen molar-refractivity contribution in [3.05, 3.63) is 0 Å². The van der Waals surface area contributed by atoms with Crippen LogP contribution in [0.15, 0.2) is 0 Å². The molecule has 2 saturated heterocycles. The van der Waals surface area contributed by atoms with Crippen LogP contribution in [0.4, 0.5) is 4.79 Å². The highest BCUT2D eigenvalue weighted by atomic mass is 16.2. The lowest BCUT2D eigenvalue weighted by molar-refractivity contribution is -0.126. The van der Waals surface area contributed by atoms with Gasteiger partial charge < -0.3 is 10.6 Å². The summed E-state index contributed by atoms with van der Waals surface area (Å²) in [6, 6.07) is 0.509. The van der Waals surface area contributed by atoms with Gasteiger partial charge in [0.2, 0.25) is 11.8 Å². The molecule has 4 fully saturated rings. The first-order valence-electron chi connectivity index (χ1n) is 12.2. The van der Waals surface area contributed by atoms with Gasteiger partial charge in [-0.15, -0.1) is 0 Å². The molecule has 0 spiro atoms. The Kier molecular flexibility index (Phi) is 11.1. The van der Waals surface area contributed by atoms with Crippen LogP contribution in [0.5, 0.6) is 0 Å². The normalized spacial score (nSPS) is 36.4. The highest BCUT2D eigenvalue weighted by Gasteiger charge is 2.35. The summed E-state index contributed by atoms with van der Waals surface area (Å²) in [7, 11) is 0. The summed E-state index contributed by atoms with van der Waals surface area (Å²) >= 11 is 0. The van der Waals surface area contributed by atoms with Gasteiger partial charge in [0.15, 0.2) is 0 Å². The lowest BCUT2D eigenvalue weighted by Crippen LogP contribution is -2.26. The van der Waals surface area contributed by atoms with Gasteiger partial charge in [-0.25, -0.2) is 4.79 Å². The van der Waals surface area contributed by atoms with E-state index in [4.69, 9.17) is 0 Å². The van der Waals surface area contributed by atoms with Crippen molar-refractivity contribution in [3.8, 4) is 0 Å². The molecule has 8 unspecified atom stereocenters. The van der Waals surface area contributed by atoms with Crippen molar-refractivity contribution in [3.63, 3.8) is 0 Å². The molecule has 34 heavy (non-hydrogen) atoms. The minimum atomic E-state index is -0.146. The fraction of sp³-hybridized carbons (Fsp3) is 0.760. The minimum absolute atomic E-state index is 0.0301. The quantitative estimate of drug-likeness (QED) is 0.360. The number of hydrogen-bond donors (Lipinski definition) is 3. The zero-order valence-corrected chi connectivity index (χ0v) is 21.7. The van der Waals surface area contributed by atoms with E-state index in [1.165, 1.54) is 0 Å². The Hall–Kier alpha value is -2.58. The van der Waals surface area contributed by atoms with E-state index in [-0.39, 0.29) is 71.6 Å². The molecule has 4 aliphatic rings. The number of imide groups is 1. The number of ketones is 3. The molecule has 2 aliphatic heterocycles. The van der Waals surface area contributed by atoms with Crippen molar-refractivity contribution in [2.75, 3.05) is 0 Å². The highest BCUT2D eigenvalue weighted by molar-refractivity contribution is 6.08. The predicted octanol–water partition coefficient (Wildman–Crippen LogP) is 2.41. The second-order valence-corrected chi connectivity index (χ2v) is 10.1. The van der Waals surface area contributed by atoms with Crippen molar-refractivity contribution in [2.24, 2.45) is 35.5 Å². The second-order valence-electron chi connectivity index (χ2n) is 10.1. The molecule has 3 N–H and O–H groups in total. The standard InChI is InChI=1S/C7H10O2.C7H12O.C6H9NO2.C5H10N2O/c1-4-5(2)7(9)3-6(4)8;1-5-3-4-7(8)6(5)2;1-3-4(2)6(9)7-5(3)8;1-3-4(2)7-5(8)6-3/h4-5H,3H2,1-2H3;5-6H,3-4H2,1-2H3;3-4H,1-2H3,(H,7,8,9);3-4H,1-2H3,(H2,6,7,8). The minimum Gasteiger partial charge on any atom is -0.334 e. The van der Waals surface area contributed by atoms with Crippen molar-refractivity contribution >= 4 is 35.2 Å². The Morgan fingerprint density at radius 1 is 0.559 bits per heavy atom.